The second-order valence-corrected chi connectivity index (χ2v) is 9.47. The van der Waals surface area contributed by atoms with Crippen LogP contribution < -0.4 is 21.3 Å². The van der Waals surface area contributed by atoms with Crippen LogP contribution in [0.3, 0.4) is 0 Å². The Morgan fingerprint density at radius 1 is 1.11 bits per heavy atom. The molecule has 1 spiro atoms. The summed E-state index contributed by atoms with van der Waals surface area (Å²) in [6.45, 7) is 3.64. The fourth-order valence-electron chi connectivity index (χ4n) is 5.60. The number of amides is 4. The van der Waals surface area contributed by atoms with Gasteiger partial charge in [0.25, 0.3) is 0 Å². The molecule has 3 aliphatic heterocycles. The van der Waals surface area contributed by atoms with Crippen molar-refractivity contribution in [1.82, 2.24) is 5.32 Å². The van der Waals surface area contributed by atoms with Crippen molar-refractivity contribution in [3.8, 4) is 0 Å². The molecule has 5 rings (SSSR count). The molecule has 0 unspecified atom stereocenters. The number of fused-ring (bicyclic) bond motifs is 4. The first kappa shape index (κ1) is 24.0. The summed E-state index contributed by atoms with van der Waals surface area (Å²) in [5.41, 5.74) is 5.96. The average Bonchev–Trinajstić information content (AvgIpc) is 3.41. The van der Waals surface area contributed by atoms with Gasteiger partial charge in [-0.15, -0.1) is 0 Å². The lowest BCUT2D eigenvalue weighted by Gasteiger charge is -2.29. The fourth-order valence-corrected chi connectivity index (χ4v) is 5.75. The van der Waals surface area contributed by atoms with Crippen LogP contribution in [-0.4, -0.2) is 42.2 Å². The van der Waals surface area contributed by atoms with Crippen molar-refractivity contribution in [2.75, 3.05) is 16.8 Å². The minimum absolute atomic E-state index is 0.206. The normalized spacial score (nSPS) is 26.2. The molecule has 10 nitrogen and oxygen atoms in total. The quantitative estimate of drug-likeness (QED) is 0.409. The second kappa shape index (κ2) is 8.42. The van der Waals surface area contributed by atoms with Crippen molar-refractivity contribution < 1.29 is 28.7 Å². The molecule has 3 aliphatic rings. The van der Waals surface area contributed by atoms with Crippen molar-refractivity contribution in [2.24, 2.45) is 17.6 Å². The summed E-state index contributed by atoms with van der Waals surface area (Å²) in [6.07, 6.45) is -0.243. The van der Waals surface area contributed by atoms with Crippen LogP contribution in [0.1, 0.15) is 34.8 Å². The lowest BCUT2D eigenvalue weighted by Crippen LogP contribution is -2.53. The van der Waals surface area contributed by atoms with E-state index in [1.807, 2.05) is 0 Å². The molecule has 186 valence electrons. The monoisotopic (exact) mass is 510 g/mol. The molecule has 11 heteroatoms. The van der Waals surface area contributed by atoms with Crippen LogP contribution in [-0.2, 0) is 29.5 Å². The second-order valence-electron chi connectivity index (χ2n) is 9.06. The molecule has 0 saturated carbocycles. The van der Waals surface area contributed by atoms with Gasteiger partial charge in [-0.2, -0.15) is 0 Å². The number of hydrogen-bond acceptors (Lipinski definition) is 7. The molecule has 36 heavy (non-hydrogen) atoms. The Labute approximate surface area is 211 Å². The molecule has 2 aromatic rings. The highest BCUT2D eigenvalue weighted by Crippen LogP contribution is 2.55. The van der Waals surface area contributed by atoms with Crippen LogP contribution >= 0.6 is 11.6 Å². The van der Waals surface area contributed by atoms with E-state index in [4.69, 9.17) is 22.1 Å². The van der Waals surface area contributed by atoms with E-state index in [0.29, 0.717) is 21.8 Å². The number of carbonyl (C=O) groups is 5. The summed E-state index contributed by atoms with van der Waals surface area (Å²) in [5, 5.41) is 6.39. The number of anilines is 2. The Morgan fingerprint density at radius 3 is 2.44 bits per heavy atom. The van der Waals surface area contributed by atoms with Crippen LogP contribution in [0.4, 0.5) is 11.4 Å². The number of nitrogens with zero attached hydrogens (tertiary/aromatic N) is 1. The van der Waals surface area contributed by atoms with E-state index < -0.39 is 53.0 Å². The highest BCUT2D eigenvalue weighted by molar-refractivity contribution is 6.32. The summed E-state index contributed by atoms with van der Waals surface area (Å²) in [5.74, 6) is -5.00. The molecule has 2 aromatic carbocycles. The Morgan fingerprint density at radius 2 is 1.81 bits per heavy atom. The molecule has 0 radical (unpaired) electrons. The third-order valence-corrected chi connectivity index (χ3v) is 7.55. The van der Waals surface area contributed by atoms with Gasteiger partial charge in [-0.3, -0.25) is 24.5 Å². The van der Waals surface area contributed by atoms with E-state index in [1.54, 1.807) is 26.0 Å². The smallest absolute Gasteiger partial charge is 0.338 e. The largest absolute Gasteiger partial charge is 0.462 e. The summed E-state index contributed by atoms with van der Waals surface area (Å²) in [6, 6.07) is 8.29. The van der Waals surface area contributed by atoms with Crippen LogP contribution in [0.2, 0.25) is 5.02 Å². The van der Waals surface area contributed by atoms with Crippen LogP contribution in [0.25, 0.3) is 0 Å². The summed E-state index contributed by atoms with van der Waals surface area (Å²) in [7, 11) is 0. The number of nitrogens with two attached hydrogens (primary N) is 1. The Kier molecular flexibility index (Phi) is 5.60. The van der Waals surface area contributed by atoms with Crippen molar-refractivity contribution >= 4 is 52.6 Å². The minimum atomic E-state index is -1.58. The zero-order chi connectivity index (χ0) is 25.9. The SMILES string of the molecule is CCOC(=O)c1ccc(N2C(=O)[C@@H]3[C@@H](C2=O)[C@@]2(N[C@@H]3CC(N)=O)C(=O)Nc3c2ccc(Cl)c3C)cc1. The third kappa shape index (κ3) is 3.25. The van der Waals surface area contributed by atoms with E-state index in [1.165, 1.54) is 24.3 Å². The summed E-state index contributed by atoms with van der Waals surface area (Å²) >= 11 is 6.26. The van der Waals surface area contributed by atoms with Gasteiger partial charge in [0.1, 0.15) is 5.54 Å². The number of rotatable bonds is 5. The number of nitrogens with one attached hydrogen (secondary N) is 2. The molecule has 0 aliphatic carbocycles. The van der Waals surface area contributed by atoms with E-state index in [9.17, 15) is 24.0 Å². The molecular weight excluding hydrogens is 488 g/mol. The fraction of sp³-hybridized carbons (Fsp3) is 0.320. The van der Waals surface area contributed by atoms with Crippen molar-refractivity contribution in [2.45, 2.75) is 31.8 Å². The Hall–Kier alpha value is -3.76. The highest BCUT2D eigenvalue weighted by atomic mass is 35.5. The predicted octanol–water partition coefficient (Wildman–Crippen LogP) is 1.63. The molecule has 2 saturated heterocycles. The van der Waals surface area contributed by atoms with Crippen LogP contribution in [0, 0.1) is 18.8 Å². The van der Waals surface area contributed by atoms with Gasteiger partial charge in [0.15, 0.2) is 0 Å². The molecule has 3 heterocycles. The number of halogens is 1. The van der Waals surface area contributed by atoms with Gasteiger partial charge >= 0.3 is 5.97 Å². The number of imide groups is 1. The standard InChI is InChI=1S/C25H23ClN4O6/c1-3-36-23(34)12-4-6-13(7-5-12)30-21(32)18-16(10-17(27)31)29-25(19(18)22(30)33)14-8-9-15(26)11(2)20(14)28-24(25)35/h4-9,16,18-19,29H,3,10H2,1-2H3,(H2,27,31)(H,28,35)/t16-,18+,19+,25-/m1/s1. The van der Waals surface area contributed by atoms with Gasteiger partial charge < -0.3 is 15.8 Å². The van der Waals surface area contributed by atoms with E-state index in [-0.39, 0.29) is 24.3 Å². The van der Waals surface area contributed by atoms with Crippen molar-refractivity contribution in [3.63, 3.8) is 0 Å². The first-order valence-corrected chi connectivity index (χ1v) is 11.8. The molecule has 0 bridgehead atoms. The first-order chi connectivity index (χ1) is 17.1. The van der Waals surface area contributed by atoms with Gasteiger partial charge in [0.05, 0.1) is 35.4 Å². The maximum Gasteiger partial charge on any atom is 0.338 e. The topological polar surface area (TPSA) is 148 Å². The molecule has 4 N–H and O–H groups in total. The van der Waals surface area contributed by atoms with E-state index in [0.717, 1.165) is 4.90 Å². The number of esters is 1. The van der Waals surface area contributed by atoms with Gasteiger partial charge in [0, 0.05) is 23.0 Å². The highest BCUT2D eigenvalue weighted by Gasteiger charge is 2.70. The maximum absolute atomic E-state index is 13.9. The number of hydrogen-bond donors (Lipinski definition) is 3. The Bertz CT molecular complexity index is 1340. The molecule has 4 amide bonds. The van der Waals surface area contributed by atoms with Gasteiger partial charge in [-0.1, -0.05) is 17.7 Å². The van der Waals surface area contributed by atoms with Crippen molar-refractivity contribution in [1.29, 1.82) is 0 Å². The maximum atomic E-state index is 13.9. The predicted molar refractivity (Wildman–Crippen MR) is 129 cm³/mol. The summed E-state index contributed by atoms with van der Waals surface area (Å²) < 4.78 is 4.98. The van der Waals surface area contributed by atoms with E-state index >= 15 is 0 Å². The zero-order valence-corrected chi connectivity index (χ0v) is 20.2. The molecule has 4 atom stereocenters. The first-order valence-electron chi connectivity index (χ1n) is 11.4. The van der Waals surface area contributed by atoms with Crippen molar-refractivity contribution in [3.05, 3.63) is 58.1 Å². The average molecular weight is 511 g/mol. The molecule has 2 fully saturated rings. The number of benzene rings is 2. The third-order valence-electron chi connectivity index (χ3n) is 7.14. The lowest BCUT2D eigenvalue weighted by molar-refractivity contribution is -0.130. The number of ether oxygens (including phenoxy) is 1. The number of carbonyl (C=O) groups excluding carboxylic acids is 5. The number of primary amides is 1. The minimum Gasteiger partial charge on any atom is -0.462 e. The van der Waals surface area contributed by atoms with Gasteiger partial charge in [-0.25, -0.2) is 9.69 Å². The summed E-state index contributed by atoms with van der Waals surface area (Å²) in [4.78, 5) is 65.9. The Balaban J connectivity index is 1.60. The molecule has 0 aromatic heterocycles. The molecular formula is C25H23ClN4O6. The van der Waals surface area contributed by atoms with Crippen LogP contribution in [0.15, 0.2) is 36.4 Å². The lowest BCUT2D eigenvalue weighted by atomic mass is 9.76. The zero-order valence-electron chi connectivity index (χ0n) is 19.5. The van der Waals surface area contributed by atoms with Crippen LogP contribution in [0.5, 0.6) is 0 Å². The van der Waals surface area contributed by atoms with Gasteiger partial charge in [-0.05, 0) is 49.7 Å². The van der Waals surface area contributed by atoms with E-state index in [2.05, 4.69) is 10.6 Å². The van der Waals surface area contributed by atoms with Gasteiger partial charge in [0.2, 0.25) is 23.6 Å².